The summed E-state index contributed by atoms with van der Waals surface area (Å²) in [6.07, 6.45) is 3.13. The minimum absolute atomic E-state index is 0.0736. The summed E-state index contributed by atoms with van der Waals surface area (Å²) in [5.41, 5.74) is 0.162. The molecule has 4 nitrogen and oxygen atoms in total. The molecular weight excluding hydrogens is 262 g/mol. The number of rotatable bonds is 4. The molecule has 1 rings (SSSR count). The third-order valence-electron chi connectivity index (χ3n) is 3.27. The van der Waals surface area contributed by atoms with Gasteiger partial charge in [-0.25, -0.2) is 4.21 Å². The second-order valence-electron chi connectivity index (χ2n) is 5.93. The van der Waals surface area contributed by atoms with E-state index in [0.29, 0.717) is 5.69 Å². The van der Waals surface area contributed by atoms with Crippen molar-refractivity contribution in [3.05, 3.63) is 24.3 Å². The molecule has 1 aromatic carbocycles. The molecule has 0 aliphatic carbocycles. The number of hydrogen-bond donors (Lipinski definition) is 1. The Hall–Kier alpha value is -1.20. The van der Waals surface area contributed by atoms with E-state index in [2.05, 4.69) is 5.32 Å². The highest BCUT2D eigenvalue weighted by molar-refractivity contribution is 8.13. The molecule has 0 bridgehead atoms. The zero-order chi connectivity index (χ0) is 14.9. The van der Waals surface area contributed by atoms with Crippen LogP contribution in [0.2, 0.25) is 0 Å². The summed E-state index contributed by atoms with van der Waals surface area (Å²) >= 11 is 0. The van der Waals surface area contributed by atoms with Crippen LogP contribution in [0.25, 0.3) is 0 Å². The lowest BCUT2D eigenvalue weighted by Gasteiger charge is -2.47. The highest BCUT2D eigenvalue weighted by atomic mass is 32.3. The Kier molecular flexibility index (Phi) is 3.94. The van der Waals surface area contributed by atoms with E-state index < -0.39 is 14.8 Å². The molecule has 0 aliphatic heterocycles. The van der Waals surface area contributed by atoms with Gasteiger partial charge >= 0.3 is 0 Å². The molecule has 0 heterocycles. The van der Waals surface area contributed by atoms with Crippen molar-refractivity contribution in [3.8, 4) is 0 Å². The summed E-state index contributed by atoms with van der Waals surface area (Å²) in [7, 11) is -3.97. The maximum absolute atomic E-state index is 12.0. The molecular formula is C14H22NO3S-. The van der Waals surface area contributed by atoms with Crippen LogP contribution in [-0.4, -0.2) is 27.2 Å². The first-order chi connectivity index (χ1) is 8.42. The van der Waals surface area contributed by atoms with Gasteiger partial charge in [0.1, 0.15) is 0 Å². The van der Waals surface area contributed by atoms with Gasteiger partial charge < -0.3 is 9.87 Å². The van der Waals surface area contributed by atoms with E-state index >= 15 is 0 Å². The number of carbonyl (C=O) groups excluding carboxylic acids is 1. The second kappa shape index (κ2) is 4.72. The number of amides is 1. The van der Waals surface area contributed by atoms with Crippen LogP contribution in [0.15, 0.2) is 29.2 Å². The van der Waals surface area contributed by atoms with Crippen LogP contribution < -0.4 is 5.32 Å². The van der Waals surface area contributed by atoms with Crippen molar-refractivity contribution in [2.45, 2.75) is 32.1 Å². The van der Waals surface area contributed by atoms with Gasteiger partial charge in [-0.2, -0.15) is 0 Å². The first-order valence-electron chi connectivity index (χ1n) is 6.19. The molecule has 1 aromatic rings. The highest BCUT2D eigenvalue weighted by Gasteiger charge is 2.25. The van der Waals surface area contributed by atoms with E-state index in [0.717, 1.165) is 6.42 Å². The SMILES string of the molecule is CCC(C)(C)C(=O)Nc1ccc(S(C)(C)(=O)[O-])cc1. The quantitative estimate of drug-likeness (QED) is 0.924. The Morgan fingerprint density at radius 1 is 1.26 bits per heavy atom. The lowest BCUT2D eigenvalue weighted by atomic mass is 9.89. The predicted molar refractivity (Wildman–Crippen MR) is 78.2 cm³/mol. The van der Waals surface area contributed by atoms with Crippen molar-refractivity contribution in [1.82, 2.24) is 0 Å². The van der Waals surface area contributed by atoms with E-state index in [1.165, 1.54) is 24.6 Å². The third kappa shape index (κ3) is 4.14. The smallest absolute Gasteiger partial charge is 0.230 e. The van der Waals surface area contributed by atoms with Crippen molar-refractivity contribution in [2.75, 3.05) is 17.8 Å². The van der Waals surface area contributed by atoms with E-state index in [9.17, 15) is 13.6 Å². The van der Waals surface area contributed by atoms with E-state index in [-0.39, 0.29) is 10.8 Å². The van der Waals surface area contributed by atoms with Gasteiger partial charge in [0.25, 0.3) is 0 Å². The van der Waals surface area contributed by atoms with Crippen molar-refractivity contribution in [3.63, 3.8) is 0 Å². The predicted octanol–water partition coefficient (Wildman–Crippen LogP) is 2.63. The minimum atomic E-state index is -3.97. The number of benzene rings is 1. The standard InChI is InChI=1S/C14H23NO3S/c1-6-14(2,3)13(16)15-11-7-9-12(10-8-11)19(4,5,17)18/h7-10H,6H2,1-5H3,(H,15,16)(H,17,18)/p-1. The van der Waals surface area contributed by atoms with Crippen LogP contribution >= 0.6 is 0 Å². The molecule has 0 saturated heterocycles. The van der Waals surface area contributed by atoms with Gasteiger partial charge in [0.15, 0.2) is 0 Å². The average molecular weight is 284 g/mol. The monoisotopic (exact) mass is 284 g/mol. The molecule has 0 spiro atoms. The van der Waals surface area contributed by atoms with Crippen LogP contribution in [0.4, 0.5) is 5.69 Å². The fourth-order valence-electron chi connectivity index (χ4n) is 1.38. The molecule has 0 unspecified atom stereocenters. The number of sulfone groups is 3. The second-order valence-corrected chi connectivity index (χ2v) is 9.84. The molecule has 1 N–H and O–H groups in total. The molecule has 0 saturated carbocycles. The molecule has 0 aliphatic rings. The zero-order valence-corrected chi connectivity index (χ0v) is 13.0. The number of carbonyl (C=O) groups is 1. The van der Waals surface area contributed by atoms with Gasteiger partial charge in [-0.05, 0) is 43.2 Å². The Bertz CT molecular complexity index is 529. The molecule has 0 fully saturated rings. The third-order valence-corrected chi connectivity index (χ3v) is 4.87. The maximum atomic E-state index is 12.0. The summed E-state index contributed by atoms with van der Waals surface area (Å²) in [6.45, 7) is 5.69. The van der Waals surface area contributed by atoms with E-state index in [4.69, 9.17) is 0 Å². The number of anilines is 1. The summed E-state index contributed by atoms with van der Waals surface area (Å²) in [4.78, 5) is 12.2. The molecule has 0 radical (unpaired) electrons. The molecule has 5 heteroatoms. The Balaban J connectivity index is 2.91. The molecule has 0 atom stereocenters. The van der Waals surface area contributed by atoms with Crippen molar-refractivity contribution in [2.24, 2.45) is 5.41 Å². The molecule has 108 valence electrons. The maximum Gasteiger partial charge on any atom is 0.230 e. The highest BCUT2D eigenvalue weighted by Crippen LogP contribution is 2.27. The van der Waals surface area contributed by atoms with Gasteiger partial charge in [0.2, 0.25) is 5.91 Å². The van der Waals surface area contributed by atoms with Gasteiger partial charge in [-0.1, -0.05) is 20.8 Å². The van der Waals surface area contributed by atoms with Gasteiger partial charge in [0, 0.05) is 16.0 Å². The first-order valence-corrected chi connectivity index (χ1v) is 8.90. The molecule has 19 heavy (non-hydrogen) atoms. The van der Waals surface area contributed by atoms with Gasteiger partial charge in [0.05, 0.1) is 0 Å². The topological polar surface area (TPSA) is 69.2 Å². The fraction of sp³-hybridized carbons (Fsp3) is 0.500. The van der Waals surface area contributed by atoms with Gasteiger partial charge in [-0.15, -0.1) is 0 Å². The Morgan fingerprint density at radius 3 is 2.11 bits per heavy atom. The number of nitrogens with one attached hydrogen (secondary N) is 1. The fourth-order valence-corrected chi connectivity index (χ4v) is 2.29. The van der Waals surface area contributed by atoms with Crippen molar-refractivity contribution < 1.29 is 13.6 Å². The summed E-state index contributed by atoms with van der Waals surface area (Å²) in [5, 5.41) is 2.79. The first kappa shape index (κ1) is 15.9. The lowest BCUT2D eigenvalue weighted by Crippen LogP contribution is -2.30. The van der Waals surface area contributed by atoms with Crippen LogP contribution in [0, 0.1) is 5.41 Å². The van der Waals surface area contributed by atoms with Crippen LogP contribution in [0.1, 0.15) is 27.2 Å². The van der Waals surface area contributed by atoms with Crippen molar-refractivity contribution in [1.29, 1.82) is 0 Å². The van der Waals surface area contributed by atoms with E-state index in [1.807, 2.05) is 20.8 Å². The average Bonchev–Trinajstić information content (AvgIpc) is 2.27. The zero-order valence-electron chi connectivity index (χ0n) is 12.1. The Morgan fingerprint density at radius 2 is 1.74 bits per heavy atom. The minimum Gasteiger partial charge on any atom is -0.765 e. The molecule has 1 amide bonds. The Labute approximate surface area is 114 Å². The summed E-state index contributed by atoms with van der Waals surface area (Å²) < 4.78 is 23.8. The lowest BCUT2D eigenvalue weighted by molar-refractivity contribution is -0.124. The van der Waals surface area contributed by atoms with Gasteiger partial charge in [-0.3, -0.25) is 14.1 Å². The largest absolute Gasteiger partial charge is 0.765 e. The van der Waals surface area contributed by atoms with Crippen molar-refractivity contribution >= 4 is 20.9 Å². The summed E-state index contributed by atoms with van der Waals surface area (Å²) in [5.74, 6) is -0.0736. The summed E-state index contributed by atoms with van der Waals surface area (Å²) in [6, 6.07) is 6.24. The van der Waals surface area contributed by atoms with Crippen LogP contribution in [-0.2, 0) is 14.1 Å². The van der Waals surface area contributed by atoms with Crippen LogP contribution in [0.3, 0.4) is 0 Å². The number of hydrogen-bond acceptors (Lipinski definition) is 3. The van der Waals surface area contributed by atoms with Crippen LogP contribution in [0.5, 0.6) is 0 Å². The molecule has 0 aromatic heterocycles. The van der Waals surface area contributed by atoms with E-state index in [1.54, 1.807) is 12.1 Å². The normalized spacial score (nSPS) is 14.5.